The summed E-state index contributed by atoms with van der Waals surface area (Å²) in [5.74, 6) is -11.1. The monoisotopic (exact) mass is 1390 g/mol. The third-order valence-corrected chi connectivity index (χ3v) is 17.7. The normalized spacial score (nSPS) is 21.6. The molecule has 0 saturated carbocycles. The molecule has 9 amide bonds. The van der Waals surface area contributed by atoms with Gasteiger partial charge in [-0.1, -0.05) is 111 Å². The number of nitrogens with one attached hydrogen (secondary N) is 6. The average molecular weight is 1390 g/mol. The van der Waals surface area contributed by atoms with Crippen LogP contribution in [0.15, 0.2) is 54.6 Å². The van der Waals surface area contributed by atoms with E-state index in [1.54, 1.807) is 97.7 Å². The van der Waals surface area contributed by atoms with E-state index in [-0.39, 0.29) is 30.5 Å². The van der Waals surface area contributed by atoms with Gasteiger partial charge in [0.05, 0.1) is 62.2 Å². The van der Waals surface area contributed by atoms with Gasteiger partial charge < -0.3 is 96.0 Å². The summed E-state index contributed by atoms with van der Waals surface area (Å²) in [5.41, 5.74) is 1.18. The summed E-state index contributed by atoms with van der Waals surface area (Å²) in [5, 5.41) is 75.5. The number of likely N-dealkylation sites (tertiary alicyclic amines) is 1. The zero-order valence-electron chi connectivity index (χ0n) is 59.2. The van der Waals surface area contributed by atoms with E-state index in [2.05, 4.69) is 31.9 Å². The number of ether oxygens (including phenoxy) is 5. The first-order valence-corrected chi connectivity index (χ1v) is 32.8. The number of benzene rings is 2. The molecule has 98 heavy (non-hydrogen) atoms. The van der Waals surface area contributed by atoms with Gasteiger partial charge in [-0.15, -0.1) is 0 Å². The van der Waals surface area contributed by atoms with Crippen molar-refractivity contribution in [2.24, 2.45) is 29.6 Å². The Morgan fingerprint density at radius 3 is 1.91 bits per heavy atom. The highest BCUT2D eigenvalue weighted by Crippen LogP contribution is 2.33. The predicted octanol–water partition coefficient (Wildman–Crippen LogP) is 1.03. The molecular formula is C67H103N9O22. The molecule has 18 atom stereocenters. The number of carboxylic acid groups (broad SMARTS) is 2. The lowest BCUT2D eigenvalue weighted by Crippen LogP contribution is -2.61. The zero-order valence-corrected chi connectivity index (χ0v) is 58.2. The maximum absolute atomic E-state index is 14.9. The first-order valence-electron chi connectivity index (χ1n) is 33.4. The smallest absolute Gasteiger partial charge is 0.410 e. The molecule has 2 fully saturated rings. The van der Waals surface area contributed by atoms with E-state index < -0.39 is 200 Å². The minimum Gasteiger partial charge on any atom is -0.481 e. The van der Waals surface area contributed by atoms with Gasteiger partial charge in [-0.2, -0.15) is 0 Å². The minimum absolute atomic E-state index is 0.185. The fourth-order valence-corrected chi connectivity index (χ4v) is 12.0. The Bertz CT molecular complexity index is 3040. The second kappa shape index (κ2) is 39.0. The van der Waals surface area contributed by atoms with Crippen LogP contribution >= 0.6 is 0 Å². The molecule has 31 nitrogen and oxygen atoms in total. The van der Waals surface area contributed by atoms with Gasteiger partial charge in [0.1, 0.15) is 55.2 Å². The van der Waals surface area contributed by atoms with Crippen molar-refractivity contribution in [1.82, 2.24) is 41.3 Å². The lowest BCUT2D eigenvalue weighted by Gasteiger charge is -2.41. The molecule has 2 aromatic rings. The van der Waals surface area contributed by atoms with E-state index in [0.29, 0.717) is 36.9 Å². The Morgan fingerprint density at radius 2 is 1.36 bits per heavy atom. The molecule has 2 aromatic carbocycles. The summed E-state index contributed by atoms with van der Waals surface area (Å²) in [6.45, 7) is 15.8. The fraction of sp³-hybridized carbons (Fsp3) is 0.657. The third-order valence-electron chi connectivity index (χ3n) is 17.7. The van der Waals surface area contributed by atoms with Gasteiger partial charge in [-0.25, -0.2) is 9.59 Å². The number of carboxylic acids is 2. The maximum atomic E-state index is 14.9. The molecule has 1 unspecified atom stereocenters. The van der Waals surface area contributed by atoms with Gasteiger partial charge in [0.15, 0.2) is 12.4 Å². The molecule has 0 aromatic heterocycles. The number of carbonyl (C=O) groups is 11. The zero-order chi connectivity index (χ0) is 74.4. The standard InChI is InChI=1S/C67H103N9O22/c1-15-37(8)53(45(94-13)30-48(80)76-29-19-22-44(76)57(95-14)38(9)60(86)69-39(10)58(41-20-17-16-18-21-41)97-66-56(85)54(83)55(84)59(98-66)65(91)92)74(11)64(90)51(35(4)5)73-63(89)52(36(6)7)75(12)67(93)96-33-40-23-25-42(26-24-40)70-61(87)43(32-77)71-62(88)50(34(2)3)72-47(79)31-68-46(78)27-28-49(81)82/h16-18,20-21,23-26,34-39,43-45,50-59,66,77,83-85H,15,19,22,27-33H2,1-14H3,(H,68,78)(H,69,86)(H,70,87)(H,71,88)(H,72,79)(H,73,89)(H,81,82)(H,91,92)/t37-,38+,39+,43-,44-,45+,50-,51-,52-,53-,54-,55-,56+,57+,58+,59-,66+/m0/s1/i27T/t27?,37-,38+,39+,43-,44-,45+,50-,51-,52-,53-,54-,55-,56+,57+,58+,59-,66+. The van der Waals surface area contributed by atoms with Gasteiger partial charge in [-0.05, 0) is 66.7 Å². The number of hydrogen-bond donors (Lipinski definition) is 12. The highest BCUT2D eigenvalue weighted by Gasteiger charge is 2.50. The molecule has 2 heterocycles. The Balaban J connectivity index is 1.40. The number of aliphatic hydroxyl groups is 4. The van der Waals surface area contributed by atoms with E-state index >= 15 is 0 Å². The highest BCUT2D eigenvalue weighted by molar-refractivity contribution is 5.99. The van der Waals surface area contributed by atoms with Crippen molar-refractivity contribution in [3.63, 3.8) is 0 Å². The number of methoxy groups -OCH3 is 2. The first kappa shape index (κ1) is 80.8. The van der Waals surface area contributed by atoms with Crippen molar-refractivity contribution < 1.29 is 108 Å². The molecule has 2 saturated heterocycles. The number of hydrogen-bond acceptors (Lipinski definition) is 20. The fourth-order valence-electron chi connectivity index (χ4n) is 12.0. The SMILES string of the molecule is [3H]C(CC(=O)O)C(=O)NCC(=O)N[C@H](C(=O)N[C@@H](CO)C(=O)Nc1ccc(COC(=O)N(C)[C@H](C(=O)N[C@H](C(=O)N(C)[C@@H]([C@@H](C)CC)[C@@H](CC(=O)N2CCC[C@H]2[C@H](OC)[C@@H](C)C(=O)N[C@H](C)[C@@H](O[C@@H]2O[C@H](C(=O)O)[C@@H](O)[C@H](O)[C@H]2O)c2ccccc2)OC)C(C)C)C(C)C)cc1)C(C)C. The molecule has 0 radical (unpaired) electrons. The summed E-state index contributed by atoms with van der Waals surface area (Å²) >= 11 is 0. The van der Waals surface area contributed by atoms with Gasteiger partial charge in [-0.3, -0.25) is 48.1 Å². The number of rotatable bonds is 37. The van der Waals surface area contributed by atoms with Crippen LogP contribution in [0, 0.1) is 29.6 Å². The van der Waals surface area contributed by atoms with Crippen LogP contribution in [0.2, 0.25) is 0 Å². The predicted molar refractivity (Wildman–Crippen MR) is 352 cm³/mol. The lowest BCUT2D eigenvalue weighted by molar-refractivity contribution is -0.307. The summed E-state index contributed by atoms with van der Waals surface area (Å²) in [4.78, 5) is 150. The van der Waals surface area contributed by atoms with E-state index in [1.807, 2.05) is 13.8 Å². The molecule has 0 spiro atoms. The van der Waals surface area contributed by atoms with Gasteiger partial charge in [0, 0.05) is 48.3 Å². The maximum Gasteiger partial charge on any atom is 0.410 e. The third kappa shape index (κ3) is 22.8. The average Bonchev–Trinajstić information content (AvgIpc) is 1.56. The minimum atomic E-state index is -1.95. The highest BCUT2D eigenvalue weighted by atomic mass is 16.7. The molecule has 31 heteroatoms. The Kier molecular flexibility index (Phi) is 32.2. The van der Waals surface area contributed by atoms with Crippen LogP contribution in [-0.4, -0.2) is 244 Å². The second-order valence-electron chi connectivity index (χ2n) is 25.9. The van der Waals surface area contributed by atoms with E-state index in [1.165, 1.54) is 50.4 Å². The second-order valence-corrected chi connectivity index (χ2v) is 25.9. The van der Waals surface area contributed by atoms with Crippen LogP contribution in [0.3, 0.4) is 0 Å². The largest absolute Gasteiger partial charge is 0.481 e. The molecular weight excluding hydrogens is 1280 g/mol. The number of nitrogens with zero attached hydrogens (tertiary/aromatic N) is 3. The quantitative estimate of drug-likeness (QED) is 0.0449. The summed E-state index contributed by atoms with van der Waals surface area (Å²) < 4.78 is 36.8. The number of anilines is 1. The van der Waals surface area contributed by atoms with Crippen LogP contribution in [0.25, 0.3) is 0 Å². The molecule has 0 aliphatic carbocycles. The van der Waals surface area contributed by atoms with E-state index in [0.717, 1.165) is 4.90 Å². The van der Waals surface area contributed by atoms with Crippen LogP contribution < -0.4 is 31.9 Å². The summed E-state index contributed by atoms with van der Waals surface area (Å²) in [7, 11) is 5.85. The summed E-state index contributed by atoms with van der Waals surface area (Å²) in [6, 6.07) is 7.35. The van der Waals surface area contributed by atoms with Gasteiger partial charge in [0.2, 0.25) is 47.3 Å². The number of aliphatic hydroxyl groups excluding tert-OH is 4. The number of aliphatic carboxylic acids is 2. The first-order chi connectivity index (χ1) is 46.5. The Morgan fingerprint density at radius 1 is 0.724 bits per heavy atom. The Hall–Kier alpha value is -7.91. The molecule has 2 aliphatic heterocycles. The van der Waals surface area contributed by atoms with E-state index in [4.69, 9.17) is 30.2 Å². The molecule has 0 bridgehead atoms. The topological polar surface area (TPSA) is 437 Å². The van der Waals surface area contributed by atoms with Crippen LogP contribution in [0.1, 0.15) is 126 Å². The van der Waals surface area contributed by atoms with Crippen molar-refractivity contribution in [2.75, 3.05) is 53.3 Å². The van der Waals surface area contributed by atoms with Crippen molar-refractivity contribution in [3.05, 3.63) is 65.7 Å². The van der Waals surface area contributed by atoms with Crippen molar-refractivity contribution >= 4 is 71.0 Å². The van der Waals surface area contributed by atoms with E-state index in [9.17, 15) is 78.3 Å². The molecule has 4 rings (SSSR count). The number of carbonyl (C=O) groups excluding carboxylic acids is 9. The van der Waals surface area contributed by atoms with Crippen molar-refractivity contribution in [3.8, 4) is 0 Å². The molecule has 548 valence electrons. The van der Waals surface area contributed by atoms with Crippen LogP contribution in [-0.2, 0) is 78.2 Å². The van der Waals surface area contributed by atoms with Crippen LogP contribution in [0.4, 0.5) is 10.5 Å². The summed E-state index contributed by atoms with van der Waals surface area (Å²) in [6.07, 6.45) is -14.1. The Labute approximate surface area is 573 Å². The molecule has 12 N–H and O–H groups in total. The number of likely N-dealkylation sites (N-methyl/N-ethyl adjacent to an activating group) is 2. The van der Waals surface area contributed by atoms with Gasteiger partial charge >= 0.3 is 18.0 Å². The molecule has 2 aliphatic rings. The lowest BCUT2D eigenvalue weighted by atomic mass is 9.89. The van der Waals surface area contributed by atoms with Crippen molar-refractivity contribution in [1.29, 1.82) is 0 Å². The van der Waals surface area contributed by atoms with Crippen LogP contribution in [0.5, 0.6) is 0 Å². The number of amides is 9. The van der Waals surface area contributed by atoms with Gasteiger partial charge in [0.25, 0.3) is 0 Å². The van der Waals surface area contributed by atoms with Crippen molar-refractivity contribution in [2.45, 2.75) is 206 Å².